The maximum absolute atomic E-state index is 12.6. The second kappa shape index (κ2) is 6.60. The molecule has 7 heteroatoms. The van der Waals surface area contributed by atoms with Crippen molar-refractivity contribution in [1.82, 2.24) is 9.47 Å². The number of halogens is 1. The molecule has 3 rings (SSSR count). The van der Waals surface area contributed by atoms with Crippen LogP contribution in [0.15, 0.2) is 51.9 Å². The zero-order chi connectivity index (χ0) is 17.3. The fourth-order valence-corrected chi connectivity index (χ4v) is 3.06. The van der Waals surface area contributed by atoms with Crippen molar-refractivity contribution in [2.24, 2.45) is 0 Å². The molecule has 1 aliphatic rings. The Morgan fingerprint density at radius 1 is 1.12 bits per heavy atom. The molecular weight excluding hydrogens is 374 g/mol. The van der Waals surface area contributed by atoms with Gasteiger partial charge < -0.3 is 14.4 Å². The number of carbonyl (C=O) groups is 2. The molecule has 1 aliphatic heterocycles. The van der Waals surface area contributed by atoms with Gasteiger partial charge in [-0.05, 0) is 33.6 Å². The number of benzene rings is 1. The third kappa shape index (κ3) is 3.26. The summed E-state index contributed by atoms with van der Waals surface area (Å²) >= 11 is 3.29. The molecule has 2 heterocycles. The summed E-state index contributed by atoms with van der Waals surface area (Å²) in [7, 11) is 1.70. The molecule has 0 radical (unpaired) electrons. The topological polar surface area (TPSA) is 62.6 Å². The Balaban J connectivity index is 1.87. The minimum Gasteiger partial charge on any atom is -0.327 e. The van der Waals surface area contributed by atoms with Crippen LogP contribution in [0.2, 0.25) is 0 Å². The minimum absolute atomic E-state index is 0.00718. The quantitative estimate of drug-likeness (QED) is 0.783. The number of nitrogens with zero attached hydrogens (tertiary/aromatic N) is 3. The Morgan fingerprint density at radius 3 is 2.67 bits per heavy atom. The highest BCUT2D eigenvalue weighted by Crippen LogP contribution is 2.24. The number of fused-ring (bicyclic) bond motifs is 1. The smallest absolute Gasteiger partial charge is 0.251 e. The normalized spacial score (nSPS) is 14.3. The molecule has 1 aromatic carbocycles. The van der Waals surface area contributed by atoms with Gasteiger partial charge in [0.1, 0.15) is 13.1 Å². The average Bonchev–Trinajstić information content (AvgIpc) is 2.69. The van der Waals surface area contributed by atoms with Crippen LogP contribution in [-0.4, -0.2) is 34.9 Å². The summed E-state index contributed by atoms with van der Waals surface area (Å²) in [6.07, 6.45) is 1.57. The minimum atomic E-state index is -0.270. The van der Waals surface area contributed by atoms with Gasteiger partial charge in [-0.3, -0.25) is 14.4 Å². The number of carbonyl (C=O) groups excluding carboxylic acids is 2. The first-order valence-electron chi connectivity index (χ1n) is 7.44. The third-order valence-corrected chi connectivity index (χ3v) is 4.49. The summed E-state index contributed by atoms with van der Waals surface area (Å²) in [5.74, 6) is -0.427. The van der Waals surface area contributed by atoms with Crippen LogP contribution >= 0.6 is 15.9 Å². The lowest BCUT2D eigenvalue weighted by molar-refractivity contribution is -0.136. The van der Waals surface area contributed by atoms with Gasteiger partial charge in [0, 0.05) is 36.0 Å². The second-order valence-corrected chi connectivity index (χ2v) is 6.56. The highest BCUT2D eigenvalue weighted by molar-refractivity contribution is 9.10. The van der Waals surface area contributed by atoms with E-state index in [0.717, 1.165) is 11.3 Å². The summed E-state index contributed by atoms with van der Waals surface area (Å²) < 4.78 is 2.05. The molecule has 0 unspecified atom stereocenters. The van der Waals surface area contributed by atoms with E-state index in [1.54, 1.807) is 24.2 Å². The molecule has 0 bridgehead atoms. The summed E-state index contributed by atoms with van der Waals surface area (Å²) in [6.45, 7) is 0.234. The predicted molar refractivity (Wildman–Crippen MR) is 93.7 cm³/mol. The van der Waals surface area contributed by atoms with Crippen LogP contribution in [0, 0.1) is 0 Å². The summed E-state index contributed by atoms with van der Waals surface area (Å²) in [5, 5.41) is 0. The Morgan fingerprint density at radius 2 is 1.88 bits per heavy atom. The Hall–Kier alpha value is -2.41. The van der Waals surface area contributed by atoms with E-state index in [2.05, 4.69) is 15.9 Å². The van der Waals surface area contributed by atoms with Crippen molar-refractivity contribution < 1.29 is 9.59 Å². The van der Waals surface area contributed by atoms with E-state index in [4.69, 9.17) is 0 Å². The van der Waals surface area contributed by atoms with Crippen LogP contribution in [0.1, 0.15) is 5.56 Å². The molecule has 24 heavy (non-hydrogen) atoms. The standard InChI is InChI=1S/C17H16BrN3O3/c1-19-14-5-3-2-4-12(14)8-20(10-16(19)23)17(24)11-21-9-13(18)6-7-15(21)22/h2-7,9H,8,10-11H2,1H3. The number of anilines is 1. The molecule has 2 amide bonds. The largest absolute Gasteiger partial charge is 0.327 e. The van der Waals surface area contributed by atoms with Gasteiger partial charge in [0.25, 0.3) is 5.56 Å². The van der Waals surface area contributed by atoms with Gasteiger partial charge in [-0.15, -0.1) is 0 Å². The van der Waals surface area contributed by atoms with E-state index < -0.39 is 0 Å². The number of pyridine rings is 1. The van der Waals surface area contributed by atoms with E-state index in [9.17, 15) is 14.4 Å². The van der Waals surface area contributed by atoms with Crippen molar-refractivity contribution in [1.29, 1.82) is 0 Å². The number of hydrogen-bond donors (Lipinski definition) is 0. The second-order valence-electron chi connectivity index (χ2n) is 5.64. The molecule has 0 fully saturated rings. The number of amides is 2. The number of rotatable bonds is 2. The van der Waals surface area contributed by atoms with Gasteiger partial charge >= 0.3 is 0 Å². The lowest BCUT2D eigenvalue weighted by Gasteiger charge is -2.20. The number of aromatic nitrogens is 1. The molecule has 124 valence electrons. The van der Waals surface area contributed by atoms with Gasteiger partial charge in [0.05, 0.1) is 0 Å². The van der Waals surface area contributed by atoms with Crippen molar-refractivity contribution in [3.8, 4) is 0 Å². The molecular formula is C17H16BrN3O3. The number of likely N-dealkylation sites (N-methyl/N-ethyl adjacent to an activating group) is 1. The first-order chi connectivity index (χ1) is 11.5. The zero-order valence-electron chi connectivity index (χ0n) is 13.1. The molecule has 0 aliphatic carbocycles. The summed E-state index contributed by atoms with van der Waals surface area (Å²) in [5.41, 5.74) is 1.45. The highest BCUT2D eigenvalue weighted by Gasteiger charge is 2.26. The van der Waals surface area contributed by atoms with Crippen LogP contribution in [0.5, 0.6) is 0 Å². The summed E-state index contributed by atoms with van der Waals surface area (Å²) in [4.78, 5) is 39.9. The van der Waals surface area contributed by atoms with Gasteiger partial charge in [-0.25, -0.2) is 0 Å². The maximum Gasteiger partial charge on any atom is 0.251 e. The van der Waals surface area contributed by atoms with Crippen molar-refractivity contribution in [2.75, 3.05) is 18.5 Å². The Kier molecular flexibility index (Phi) is 4.53. The lowest BCUT2D eigenvalue weighted by Crippen LogP contribution is -2.40. The van der Waals surface area contributed by atoms with Crippen molar-refractivity contribution in [3.05, 3.63) is 63.0 Å². The lowest BCUT2D eigenvalue weighted by atomic mass is 10.1. The van der Waals surface area contributed by atoms with E-state index in [0.29, 0.717) is 11.0 Å². The average molecular weight is 390 g/mol. The molecule has 0 saturated heterocycles. The SMILES string of the molecule is CN1C(=O)CN(C(=O)Cn2cc(Br)ccc2=O)Cc2ccccc21. The highest BCUT2D eigenvalue weighted by atomic mass is 79.9. The monoisotopic (exact) mass is 389 g/mol. The molecule has 0 atom stereocenters. The predicted octanol–water partition coefficient (Wildman–Crippen LogP) is 1.62. The van der Waals surface area contributed by atoms with E-state index >= 15 is 0 Å². The van der Waals surface area contributed by atoms with Gasteiger partial charge in [0.15, 0.2) is 0 Å². The van der Waals surface area contributed by atoms with E-state index in [-0.39, 0.29) is 30.5 Å². The van der Waals surface area contributed by atoms with E-state index in [1.165, 1.54) is 15.5 Å². The molecule has 0 saturated carbocycles. The van der Waals surface area contributed by atoms with Gasteiger partial charge in [-0.2, -0.15) is 0 Å². The molecule has 1 aromatic heterocycles. The molecule has 0 N–H and O–H groups in total. The van der Waals surface area contributed by atoms with Crippen LogP contribution in [0.3, 0.4) is 0 Å². The Bertz CT molecular complexity index is 862. The van der Waals surface area contributed by atoms with Crippen LogP contribution in [0.4, 0.5) is 5.69 Å². The van der Waals surface area contributed by atoms with Crippen LogP contribution in [-0.2, 0) is 22.7 Å². The number of hydrogen-bond acceptors (Lipinski definition) is 3. The number of para-hydroxylation sites is 1. The summed E-state index contributed by atoms with van der Waals surface area (Å²) in [6, 6.07) is 10.5. The van der Waals surface area contributed by atoms with Crippen LogP contribution in [0.25, 0.3) is 0 Å². The van der Waals surface area contributed by atoms with Gasteiger partial charge in [-0.1, -0.05) is 18.2 Å². The fourth-order valence-electron chi connectivity index (χ4n) is 2.68. The first kappa shape index (κ1) is 16.4. The van der Waals surface area contributed by atoms with Crippen LogP contribution < -0.4 is 10.5 Å². The Labute approximate surface area is 147 Å². The third-order valence-electron chi connectivity index (χ3n) is 4.02. The molecule has 0 spiro atoms. The van der Waals surface area contributed by atoms with Gasteiger partial charge in [0.2, 0.25) is 11.8 Å². The van der Waals surface area contributed by atoms with E-state index in [1.807, 2.05) is 24.3 Å². The van der Waals surface area contributed by atoms with Crippen molar-refractivity contribution in [2.45, 2.75) is 13.1 Å². The molecule has 6 nitrogen and oxygen atoms in total. The fraction of sp³-hybridized carbons (Fsp3) is 0.235. The molecule has 2 aromatic rings. The first-order valence-corrected chi connectivity index (χ1v) is 8.23. The zero-order valence-corrected chi connectivity index (χ0v) is 14.7. The van der Waals surface area contributed by atoms with Crippen molar-refractivity contribution >= 4 is 33.4 Å². The maximum atomic E-state index is 12.6. The van der Waals surface area contributed by atoms with Crippen molar-refractivity contribution in [3.63, 3.8) is 0 Å².